The molecule has 2 N–H and O–H groups in total. The number of hydrogen-bond acceptors (Lipinski definition) is 5. The van der Waals surface area contributed by atoms with Crippen molar-refractivity contribution in [1.82, 2.24) is 9.88 Å². The van der Waals surface area contributed by atoms with Crippen LogP contribution in [0, 0.1) is 6.92 Å². The van der Waals surface area contributed by atoms with E-state index in [2.05, 4.69) is 9.88 Å². The number of para-hydroxylation sites is 1. The van der Waals surface area contributed by atoms with Gasteiger partial charge in [-0.2, -0.15) is 0 Å². The summed E-state index contributed by atoms with van der Waals surface area (Å²) in [5.74, 6) is 0.770. The molecule has 2 aromatic carbocycles. The smallest absolute Gasteiger partial charge is 0.119 e. The molecule has 29 heavy (non-hydrogen) atoms. The van der Waals surface area contributed by atoms with E-state index < -0.39 is 11.7 Å². The van der Waals surface area contributed by atoms with Crippen LogP contribution in [-0.2, 0) is 5.60 Å². The minimum Gasteiger partial charge on any atom is -0.491 e. The fourth-order valence-corrected chi connectivity index (χ4v) is 3.90. The van der Waals surface area contributed by atoms with E-state index in [-0.39, 0.29) is 6.61 Å². The summed E-state index contributed by atoms with van der Waals surface area (Å²) >= 11 is 0. The maximum absolute atomic E-state index is 11.2. The first-order valence-corrected chi connectivity index (χ1v) is 10.2. The number of aryl methyl sites for hydroxylation is 1. The number of aliphatic hydroxyl groups excluding tert-OH is 1. The van der Waals surface area contributed by atoms with Gasteiger partial charge in [0.05, 0.1) is 11.1 Å². The molecule has 5 heteroatoms. The molecule has 1 fully saturated rings. The second-order valence-electron chi connectivity index (χ2n) is 8.03. The highest BCUT2D eigenvalue weighted by atomic mass is 16.5. The first kappa shape index (κ1) is 19.8. The number of likely N-dealkylation sites (tertiary alicyclic amines) is 1. The number of hydrogen-bond donors (Lipinski definition) is 2. The van der Waals surface area contributed by atoms with Gasteiger partial charge in [-0.3, -0.25) is 4.98 Å². The summed E-state index contributed by atoms with van der Waals surface area (Å²) < 4.78 is 5.68. The molecule has 1 atom stereocenters. The third-order valence-corrected chi connectivity index (χ3v) is 5.74. The zero-order valence-electron chi connectivity index (χ0n) is 16.8. The van der Waals surface area contributed by atoms with Crippen LogP contribution in [-0.4, -0.2) is 52.4 Å². The minimum atomic E-state index is -0.864. The summed E-state index contributed by atoms with van der Waals surface area (Å²) in [6.45, 7) is 4.29. The highest BCUT2D eigenvalue weighted by Crippen LogP contribution is 2.33. The Bertz CT molecular complexity index is 950. The maximum atomic E-state index is 11.2. The molecular formula is C24H28N2O3. The summed E-state index contributed by atoms with van der Waals surface area (Å²) in [4.78, 5) is 6.68. The fourth-order valence-electron chi connectivity index (χ4n) is 3.90. The number of aromatic nitrogens is 1. The first-order valence-electron chi connectivity index (χ1n) is 10.2. The number of fused-ring (bicyclic) bond motifs is 1. The van der Waals surface area contributed by atoms with Crippen LogP contribution in [0.3, 0.4) is 0 Å². The molecule has 2 heterocycles. The van der Waals surface area contributed by atoms with E-state index in [0.717, 1.165) is 35.3 Å². The predicted molar refractivity (Wildman–Crippen MR) is 114 cm³/mol. The second kappa shape index (κ2) is 8.49. The Balaban J connectivity index is 1.30. The Morgan fingerprint density at radius 3 is 2.59 bits per heavy atom. The number of piperidine rings is 1. The molecule has 3 aromatic rings. The van der Waals surface area contributed by atoms with Gasteiger partial charge in [0, 0.05) is 36.8 Å². The summed E-state index contributed by atoms with van der Waals surface area (Å²) in [6.07, 6.45) is 2.48. The molecule has 1 aliphatic rings. The fraction of sp³-hybridized carbons (Fsp3) is 0.375. The van der Waals surface area contributed by atoms with Crippen LogP contribution >= 0.6 is 0 Å². The molecule has 152 valence electrons. The molecule has 1 saturated heterocycles. The van der Waals surface area contributed by atoms with Crippen LogP contribution in [0.5, 0.6) is 5.75 Å². The average molecular weight is 392 g/mol. The number of pyridine rings is 1. The van der Waals surface area contributed by atoms with Gasteiger partial charge in [0.25, 0.3) is 0 Å². The van der Waals surface area contributed by atoms with Crippen molar-refractivity contribution in [2.45, 2.75) is 31.5 Å². The van der Waals surface area contributed by atoms with E-state index in [9.17, 15) is 10.2 Å². The molecule has 0 unspecified atom stereocenters. The zero-order valence-corrected chi connectivity index (χ0v) is 16.8. The Kier molecular flexibility index (Phi) is 5.81. The molecule has 0 saturated carbocycles. The predicted octanol–water partition coefficient (Wildman–Crippen LogP) is 3.27. The minimum absolute atomic E-state index is 0.262. The van der Waals surface area contributed by atoms with Crippen molar-refractivity contribution in [2.24, 2.45) is 0 Å². The monoisotopic (exact) mass is 392 g/mol. The number of aliphatic hydroxyl groups is 2. The lowest BCUT2D eigenvalue weighted by atomic mass is 9.84. The number of nitrogens with zero attached hydrogens (tertiary/aromatic N) is 2. The normalized spacial score (nSPS) is 17.9. The zero-order chi connectivity index (χ0) is 20.3. The Morgan fingerprint density at radius 1 is 1.10 bits per heavy atom. The van der Waals surface area contributed by atoms with Gasteiger partial charge >= 0.3 is 0 Å². The topological polar surface area (TPSA) is 65.8 Å². The van der Waals surface area contributed by atoms with E-state index in [1.807, 2.05) is 61.5 Å². The standard InChI is InChI=1S/C24H28N2O3/c1-18-6-8-22(9-7-18)29-17-21(27)16-26-12-10-24(28,11-13-26)20-14-19-4-2-3-5-23(19)25-15-20/h2-9,14-15,21,27-28H,10-13,16-17H2,1H3/t21-/m0/s1. The van der Waals surface area contributed by atoms with Crippen molar-refractivity contribution in [1.29, 1.82) is 0 Å². The lowest BCUT2D eigenvalue weighted by Gasteiger charge is -2.39. The van der Waals surface area contributed by atoms with Crippen molar-refractivity contribution in [3.63, 3.8) is 0 Å². The highest BCUT2D eigenvalue weighted by Gasteiger charge is 2.34. The van der Waals surface area contributed by atoms with Gasteiger partial charge in [-0.15, -0.1) is 0 Å². The lowest BCUT2D eigenvalue weighted by Crippen LogP contribution is -2.46. The Hall–Kier alpha value is -2.47. The maximum Gasteiger partial charge on any atom is 0.119 e. The number of rotatable bonds is 6. The van der Waals surface area contributed by atoms with Crippen molar-refractivity contribution >= 4 is 10.9 Å². The number of ether oxygens (including phenoxy) is 1. The van der Waals surface area contributed by atoms with Crippen LogP contribution in [0.4, 0.5) is 0 Å². The van der Waals surface area contributed by atoms with Crippen LogP contribution in [0.25, 0.3) is 10.9 Å². The van der Waals surface area contributed by atoms with Gasteiger partial charge in [-0.05, 0) is 44.0 Å². The Labute approximate surface area is 171 Å². The van der Waals surface area contributed by atoms with Crippen molar-refractivity contribution < 1.29 is 14.9 Å². The molecule has 4 rings (SSSR count). The number of benzene rings is 2. The van der Waals surface area contributed by atoms with Gasteiger partial charge in [-0.25, -0.2) is 0 Å². The van der Waals surface area contributed by atoms with Gasteiger partial charge < -0.3 is 19.8 Å². The summed E-state index contributed by atoms with van der Waals surface area (Å²) in [6, 6.07) is 17.8. The van der Waals surface area contributed by atoms with Crippen molar-refractivity contribution in [2.75, 3.05) is 26.2 Å². The quantitative estimate of drug-likeness (QED) is 0.674. The summed E-state index contributed by atoms with van der Waals surface area (Å²) in [5, 5.41) is 22.6. The molecule has 0 spiro atoms. The van der Waals surface area contributed by atoms with Gasteiger partial charge in [0.2, 0.25) is 0 Å². The molecule has 0 amide bonds. The Morgan fingerprint density at radius 2 is 1.83 bits per heavy atom. The van der Waals surface area contributed by atoms with Gasteiger partial charge in [-0.1, -0.05) is 35.9 Å². The second-order valence-corrected chi connectivity index (χ2v) is 8.03. The molecule has 0 aliphatic carbocycles. The van der Waals surface area contributed by atoms with Gasteiger partial charge in [0.15, 0.2) is 0 Å². The highest BCUT2D eigenvalue weighted by molar-refractivity contribution is 5.78. The average Bonchev–Trinajstić information content (AvgIpc) is 2.75. The SMILES string of the molecule is Cc1ccc(OC[C@@H](O)CN2CCC(O)(c3cnc4ccccc4c3)CC2)cc1. The molecule has 1 aliphatic heterocycles. The molecular weight excluding hydrogens is 364 g/mol. The van der Waals surface area contributed by atoms with E-state index in [0.29, 0.717) is 19.4 Å². The van der Waals surface area contributed by atoms with E-state index in [4.69, 9.17) is 4.74 Å². The van der Waals surface area contributed by atoms with Crippen LogP contribution in [0.2, 0.25) is 0 Å². The molecule has 1 aromatic heterocycles. The third kappa shape index (κ3) is 4.75. The lowest BCUT2D eigenvalue weighted by molar-refractivity contribution is -0.0373. The van der Waals surface area contributed by atoms with E-state index in [1.165, 1.54) is 5.56 Å². The van der Waals surface area contributed by atoms with Crippen molar-refractivity contribution in [3.05, 3.63) is 71.9 Å². The van der Waals surface area contributed by atoms with E-state index in [1.54, 1.807) is 6.20 Å². The van der Waals surface area contributed by atoms with E-state index >= 15 is 0 Å². The van der Waals surface area contributed by atoms with Gasteiger partial charge in [0.1, 0.15) is 18.5 Å². The number of β-amino-alcohol motifs (C(OH)–C–C–N with tert-alkyl or cyclic N) is 1. The van der Waals surface area contributed by atoms with Crippen LogP contribution in [0.15, 0.2) is 60.8 Å². The molecule has 0 bridgehead atoms. The molecule has 0 radical (unpaired) electrons. The van der Waals surface area contributed by atoms with Crippen LogP contribution < -0.4 is 4.74 Å². The van der Waals surface area contributed by atoms with Crippen LogP contribution in [0.1, 0.15) is 24.0 Å². The largest absolute Gasteiger partial charge is 0.491 e. The molecule has 5 nitrogen and oxygen atoms in total. The summed E-state index contributed by atoms with van der Waals surface area (Å²) in [7, 11) is 0. The van der Waals surface area contributed by atoms with Crippen molar-refractivity contribution in [3.8, 4) is 5.75 Å². The third-order valence-electron chi connectivity index (χ3n) is 5.74. The first-order chi connectivity index (χ1) is 14.0. The summed E-state index contributed by atoms with van der Waals surface area (Å²) in [5.41, 5.74) is 2.13.